The van der Waals surface area contributed by atoms with Crippen LogP contribution in [0.4, 0.5) is 11.4 Å². The fourth-order valence-electron chi connectivity index (χ4n) is 1.13. The number of hydrogen-bond donors (Lipinski definition) is 2. The zero-order chi connectivity index (χ0) is 12.1. The van der Waals surface area contributed by atoms with Crippen molar-refractivity contribution in [3.63, 3.8) is 0 Å². The number of rotatable bonds is 5. The molecule has 0 aliphatic carbocycles. The van der Waals surface area contributed by atoms with Crippen molar-refractivity contribution in [2.75, 3.05) is 12.3 Å². The smallest absolute Gasteiger partial charge is 0.311 e. The van der Waals surface area contributed by atoms with Crippen molar-refractivity contribution in [1.82, 2.24) is 0 Å². The van der Waals surface area contributed by atoms with Crippen LogP contribution in [-0.2, 0) is 0 Å². The van der Waals surface area contributed by atoms with Crippen molar-refractivity contribution >= 4 is 17.6 Å². The van der Waals surface area contributed by atoms with Gasteiger partial charge >= 0.3 is 5.69 Å². The first-order valence-corrected chi connectivity index (χ1v) is 4.42. The number of nitrogens with one attached hydrogen (secondary N) is 1. The lowest BCUT2D eigenvalue weighted by molar-refractivity contribution is -0.385. The molecule has 0 amide bonds. The molecule has 0 atom stereocenters. The van der Waals surface area contributed by atoms with E-state index >= 15 is 0 Å². The van der Waals surface area contributed by atoms with Crippen molar-refractivity contribution < 1.29 is 9.66 Å². The number of hydrogen-bond acceptors (Lipinski definition) is 5. The quantitative estimate of drug-likeness (QED) is 0.260. The van der Waals surface area contributed by atoms with Crippen LogP contribution in [0.15, 0.2) is 24.8 Å². The number of nitrogen functional groups attached to an aromatic ring is 1. The topological polar surface area (TPSA) is 102 Å². The minimum absolute atomic E-state index is 0.0769. The fraction of sp³-hybridized carbons (Fsp3) is 0.100. The van der Waals surface area contributed by atoms with E-state index < -0.39 is 4.92 Å². The summed E-state index contributed by atoms with van der Waals surface area (Å²) >= 11 is 0. The van der Waals surface area contributed by atoms with Gasteiger partial charge in [0.25, 0.3) is 0 Å². The Balaban J connectivity index is 3.23. The lowest BCUT2D eigenvalue weighted by atomic mass is 10.1. The Morgan fingerprint density at radius 2 is 2.31 bits per heavy atom. The molecule has 0 spiro atoms. The molecule has 0 saturated carbocycles. The Morgan fingerprint density at radius 1 is 1.62 bits per heavy atom. The SMILES string of the molecule is C=CCOc1cc(N)c(C=N)cc1[N+](=O)[O-]. The summed E-state index contributed by atoms with van der Waals surface area (Å²) in [5, 5.41) is 17.8. The van der Waals surface area contributed by atoms with Gasteiger partial charge in [-0.1, -0.05) is 12.7 Å². The Labute approximate surface area is 92.0 Å². The predicted octanol–water partition coefficient (Wildman–Crippen LogP) is 1.74. The molecule has 1 aromatic rings. The third kappa shape index (κ3) is 2.35. The number of nitro groups is 1. The molecule has 84 valence electrons. The Morgan fingerprint density at radius 3 is 2.81 bits per heavy atom. The maximum absolute atomic E-state index is 10.7. The first kappa shape index (κ1) is 11.7. The summed E-state index contributed by atoms with van der Waals surface area (Å²) in [6.45, 7) is 3.60. The van der Waals surface area contributed by atoms with Crippen LogP contribution < -0.4 is 10.5 Å². The molecule has 6 heteroatoms. The molecular weight excluding hydrogens is 210 g/mol. The lowest BCUT2D eigenvalue weighted by Crippen LogP contribution is -2.02. The molecule has 0 unspecified atom stereocenters. The maximum atomic E-state index is 10.7. The van der Waals surface area contributed by atoms with Crippen LogP contribution in [0.5, 0.6) is 5.75 Å². The first-order valence-electron chi connectivity index (χ1n) is 4.42. The van der Waals surface area contributed by atoms with Gasteiger partial charge in [0.1, 0.15) is 6.61 Å². The van der Waals surface area contributed by atoms with Crippen LogP contribution >= 0.6 is 0 Å². The van der Waals surface area contributed by atoms with E-state index in [4.69, 9.17) is 15.9 Å². The highest BCUT2D eigenvalue weighted by molar-refractivity contribution is 5.87. The zero-order valence-electron chi connectivity index (χ0n) is 8.47. The molecule has 0 aromatic heterocycles. The third-order valence-corrected chi connectivity index (χ3v) is 1.87. The van der Waals surface area contributed by atoms with Crippen molar-refractivity contribution in [2.45, 2.75) is 0 Å². The van der Waals surface area contributed by atoms with Crippen molar-refractivity contribution in [3.05, 3.63) is 40.5 Å². The molecule has 0 saturated heterocycles. The molecule has 16 heavy (non-hydrogen) atoms. The number of nitrogens with zero attached hydrogens (tertiary/aromatic N) is 1. The second-order valence-electron chi connectivity index (χ2n) is 2.95. The average molecular weight is 221 g/mol. The summed E-state index contributed by atoms with van der Waals surface area (Å²) in [4.78, 5) is 10.2. The number of nitro benzene ring substituents is 1. The fourth-order valence-corrected chi connectivity index (χ4v) is 1.13. The van der Waals surface area contributed by atoms with Crippen LogP contribution in [-0.4, -0.2) is 17.7 Å². The normalized spacial score (nSPS) is 9.50. The molecule has 3 N–H and O–H groups in total. The van der Waals surface area contributed by atoms with Crippen LogP contribution in [0.3, 0.4) is 0 Å². The largest absolute Gasteiger partial charge is 0.483 e. The molecule has 0 bridgehead atoms. The summed E-state index contributed by atoms with van der Waals surface area (Å²) in [5.41, 5.74) is 5.93. The number of nitrogens with two attached hydrogens (primary N) is 1. The van der Waals surface area contributed by atoms with Gasteiger partial charge in [0, 0.05) is 29.6 Å². The van der Waals surface area contributed by atoms with Gasteiger partial charge in [-0.05, 0) is 0 Å². The van der Waals surface area contributed by atoms with Gasteiger partial charge in [-0.2, -0.15) is 0 Å². The van der Waals surface area contributed by atoms with Crippen LogP contribution in [0.25, 0.3) is 0 Å². The predicted molar refractivity (Wildman–Crippen MR) is 61.1 cm³/mol. The summed E-state index contributed by atoms with van der Waals surface area (Å²) in [5.74, 6) is 0.0769. The highest BCUT2D eigenvalue weighted by Gasteiger charge is 2.17. The summed E-state index contributed by atoms with van der Waals surface area (Å²) in [7, 11) is 0. The van der Waals surface area contributed by atoms with Gasteiger partial charge in [-0.25, -0.2) is 0 Å². The second-order valence-corrected chi connectivity index (χ2v) is 2.95. The van der Waals surface area contributed by atoms with Crippen LogP contribution in [0.2, 0.25) is 0 Å². The maximum Gasteiger partial charge on any atom is 0.311 e. The van der Waals surface area contributed by atoms with E-state index in [0.717, 1.165) is 6.21 Å². The molecule has 0 fully saturated rings. The van der Waals surface area contributed by atoms with E-state index in [1.165, 1.54) is 18.2 Å². The Hall–Kier alpha value is -2.37. The highest BCUT2D eigenvalue weighted by atomic mass is 16.6. The van der Waals surface area contributed by atoms with Gasteiger partial charge in [-0.15, -0.1) is 0 Å². The Kier molecular flexibility index (Phi) is 3.60. The summed E-state index contributed by atoms with van der Waals surface area (Å²) in [6.07, 6.45) is 2.43. The van der Waals surface area contributed by atoms with E-state index in [-0.39, 0.29) is 29.3 Å². The van der Waals surface area contributed by atoms with Crippen LogP contribution in [0.1, 0.15) is 5.56 Å². The van der Waals surface area contributed by atoms with E-state index in [1.807, 2.05) is 0 Å². The van der Waals surface area contributed by atoms with Crippen LogP contribution in [0, 0.1) is 15.5 Å². The molecule has 1 rings (SSSR count). The standard InChI is InChI=1S/C10H11N3O3/c1-2-3-16-10-5-8(12)7(6-11)4-9(10)13(14)15/h2,4-6,11H,1,3,12H2. The lowest BCUT2D eigenvalue weighted by Gasteiger charge is -2.07. The molecule has 0 aliphatic rings. The minimum atomic E-state index is -0.579. The van der Waals surface area contributed by atoms with Gasteiger partial charge in [0.05, 0.1) is 4.92 Å². The Bertz CT molecular complexity index is 443. The highest BCUT2D eigenvalue weighted by Crippen LogP contribution is 2.31. The molecule has 1 aromatic carbocycles. The number of ether oxygens (including phenoxy) is 1. The molecule has 6 nitrogen and oxygen atoms in total. The van der Waals surface area contributed by atoms with E-state index in [9.17, 15) is 10.1 Å². The molecule has 0 heterocycles. The van der Waals surface area contributed by atoms with Gasteiger partial charge < -0.3 is 15.9 Å². The molecule has 0 radical (unpaired) electrons. The monoisotopic (exact) mass is 221 g/mol. The van der Waals surface area contributed by atoms with Gasteiger partial charge in [-0.3, -0.25) is 10.1 Å². The van der Waals surface area contributed by atoms with Crippen molar-refractivity contribution in [3.8, 4) is 5.75 Å². The number of benzene rings is 1. The first-order chi connectivity index (χ1) is 7.60. The molecule has 0 aliphatic heterocycles. The third-order valence-electron chi connectivity index (χ3n) is 1.87. The summed E-state index contributed by atoms with van der Waals surface area (Å²) < 4.78 is 5.11. The minimum Gasteiger partial charge on any atom is -0.483 e. The molecular formula is C10H11N3O3. The number of anilines is 1. The van der Waals surface area contributed by atoms with Crippen molar-refractivity contribution in [2.24, 2.45) is 0 Å². The zero-order valence-corrected chi connectivity index (χ0v) is 8.47. The van der Waals surface area contributed by atoms with Crippen molar-refractivity contribution in [1.29, 1.82) is 5.41 Å². The second kappa shape index (κ2) is 4.92. The average Bonchev–Trinajstić information content (AvgIpc) is 2.25. The van der Waals surface area contributed by atoms with E-state index in [0.29, 0.717) is 0 Å². The van der Waals surface area contributed by atoms with Gasteiger partial charge in [0.15, 0.2) is 5.75 Å². The summed E-state index contributed by atoms with van der Waals surface area (Å²) in [6, 6.07) is 2.54. The van der Waals surface area contributed by atoms with E-state index in [2.05, 4.69) is 6.58 Å². The van der Waals surface area contributed by atoms with E-state index in [1.54, 1.807) is 0 Å². The van der Waals surface area contributed by atoms with Gasteiger partial charge in [0.2, 0.25) is 0 Å².